The SMILES string of the molecule is CCCCCC/C=C\C/C=C\CCCCCCCCCC(=O)OCCCCC/C=C\C/C=C\CCCCCCCCCC(=O)NC(COC1OC(CO)C(O)C(O)C1O)C(O)/C=C/CCCCCCCCC. The van der Waals surface area contributed by atoms with Crippen LogP contribution >= 0.6 is 0 Å². The molecule has 72 heavy (non-hydrogen) atoms. The standard InChI is InChI=1S/C61H109NO10/c1-3-5-7-9-11-13-14-15-16-17-20-23-26-29-33-37-41-45-49-57(66)70-50-46-42-38-34-30-27-24-21-18-19-22-25-28-32-36-40-44-48-56(65)62-53(54(64)47-43-39-35-31-12-10-8-6-4-2)52-71-61-60(69)59(68)58(67)55(51-63)72-61/h13-14,16-18,21,27,30,43,47,53-55,58-61,63-64,67-69H,3-12,15,19-20,22-26,28-29,31-42,44-46,48-52H2,1-2H3,(H,62,65)/b14-13-,17-16-,21-18-,30-27-,47-43+. The maximum Gasteiger partial charge on any atom is 0.305 e. The van der Waals surface area contributed by atoms with Crippen LogP contribution in [0.2, 0.25) is 0 Å². The van der Waals surface area contributed by atoms with Gasteiger partial charge in [0.1, 0.15) is 24.4 Å². The van der Waals surface area contributed by atoms with Crippen LogP contribution in [0, 0.1) is 0 Å². The molecule has 0 saturated carbocycles. The number of allylic oxidation sites excluding steroid dienone is 9. The van der Waals surface area contributed by atoms with Crippen LogP contribution in [-0.4, -0.2) is 100 Å². The number of esters is 1. The van der Waals surface area contributed by atoms with Gasteiger partial charge in [-0.25, -0.2) is 0 Å². The maximum atomic E-state index is 13.0. The number of hydrogen-bond acceptors (Lipinski definition) is 10. The van der Waals surface area contributed by atoms with E-state index in [0.29, 0.717) is 19.4 Å². The molecule has 418 valence electrons. The summed E-state index contributed by atoms with van der Waals surface area (Å²) in [7, 11) is 0. The fourth-order valence-electron chi connectivity index (χ4n) is 8.85. The number of nitrogens with one attached hydrogen (secondary N) is 1. The average Bonchev–Trinajstić information content (AvgIpc) is 3.38. The van der Waals surface area contributed by atoms with Gasteiger partial charge in [-0.3, -0.25) is 9.59 Å². The third-order valence-corrected chi connectivity index (χ3v) is 13.6. The first-order valence-corrected chi connectivity index (χ1v) is 29.6. The van der Waals surface area contributed by atoms with Crippen molar-refractivity contribution in [2.75, 3.05) is 19.8 Å². The molecule has 0 spiro atoms. The topological polar surface area (TPSA) is 175 Å². The molecule has 1 fully saturated rings. The molecular weight excluding hydrogens is 907 g/mol. The van der Waals surface area contributed by atoms with Crippen LogP contribution in [0.15, 0.2) is 60.8 Å². The van der Waals surface area contributed by atoms with Gasteiger partial charge in [0.15, 0.2) is 6.29 Å². The van der Waals surface area contributed by atoms with Gasteiger partial charge in [0.05, 0.1) is 32.0 Å². The van der Waals surface area contributed by atoms with Crippen LogP contribution in [0.1, 0.15) is 251 Å². The van der Waals surface area contributed by atoms with E-state index in [9.17, 15) is 35.1 Å². The van der Waals surface area contributed by atoms with Crippen molar-refractivity contribution in [3.63, 3.8) is 0 Å². The normalized spacial score (nSPS) is 19.5. The first kappa shape index (κ1) is 67.4. The molecule has 0 radical (unpaired) electrons. The number of hydrogen-bond donors (Lipinski definition) is 6. The number of ether oxygens (including phenoxy) is 3. The summed E-state index contributed by atoms with van der Waals surface area (Å²) in [5.74, 6) is -0.242. The van der Waals surface area contributed by atoms with E-state index in [2.05, 4.69) is 67.8 Å². The fourth-order valence-corrected chi connectivity index (χ4v) is 8.85. The Labute approximate surface area is 439 Å². The molecule has 0 aliphatic carbocycles. The van der Waals surface area contributed by atoms with Gasteiger partial charge in [0.2, 0.25) is 5.91 Å². The number of rotatable bonds is 50. The smallest absolute Gasteiger partial charge is 0.305 e. The average molecular weight is 1020 g/mol. The molecule has 0 aromatic heterocycles. The van der Waals surface area contributed by atoms with Crippen molar-refractivity contribution in [3.05, 3.63) is 60.8 Å². The lowest BCUT2D eigenvalue weighted by Gasteiger charge is -2.40. The molecule has 1 amide bonds. The van der Waals surface area contributed by atoms with E-state index in [1.807, 2.05) is 6.08 Å². The van der Waals surface area contributed by atoms with Gasteiger partial charge in [-0.05, 0) is 103 Å². The Morgan fingerprint density at radius 2 is 0.931 bits per heavy atom. The summed E-state index contributed by atoms with van der Waals surface area (Å²) in [6, 6.07) is -0.822. The first-order chi connectivity index (χ1) is 35.2. The lowest BCUT2D eigenvalue weighted by atomic mass is 9.99. The number of aliphatic hydroxyl groups is 5. The molecule has 7 unspecified atom stereocenters. The molecule has 1 aliphatic heterocycles. The summed E-state index contributed by atoms with van der Waals surface area (Å²) >= 11 is 0. The van der Waals surface area contributed by atoms with Gasteiger partial charge < -0.3 is 45.1 Å². The van der Waals surface area contributed by atoms with Crippen LogP contribution < -0.4 is 5.32 Å². The Bertz CT molecular complexity index is 1380. The van der Waals surface area contributed by atoms with Gasteiger partial charge >= 0.3 is 5.97 Å². The zero-order chi connectivity index (χ0) is 52.4. The minimum absolute atomic E-state index is 0.0406. The maximum absolute atomic E-state index is 13.0. The number of amides is 1. The first-order valence-electron chi connectivity index (χ1n) is 29.6. The zero-order valence-electron chi connectivity index (χ0n) is 45.9. The van der Waals surface area contributed by atoms with Crippen molar-refractivity contribution in [2.24, 2.45) is 0 Å². The molecule has 6 N–H and O–H groups in total. The molecule has 0 bridgehead atoms. The van der Waals surface area contributed by atoms with Gasteiger partial charge in [-0.1, -0.05) is 197 Å². The lowest BCUT2D eigenvalue weighted by Crippen LogP contribution is -2.60. The van der Waals surface area contributed by atoms with E-state index >= 15 is 0 Å². The highest BCUT2D eigenvalue weighted by Gasteiger charge is 2.44. The van der Waals surface area contributed by atoms with Crippen LogP contribution in [0.3, 0.4) is 0 Å². The highest BCUT2D eigenvalue weighted by atomic mass is 16.7. The number of aliphatic hydroxyl groups excluding tert-OH is 5. The predicted octanol–water partition coefficient (Wildman–Crippen LogP) is 13.4. The number of carbonyl (C=O) groups excluding carboxylic acids is 2. The molecule has 11 heteroatoms. The van der Waals surface area contributed by atoms with Gasteiger partial charge in [0.25, 0.3) is 0 Å². The molecule has 11 nitrogen and oxygen atoms in total. The molecule has 1 rings (SSSR count). The van der Waals surface area contributed by atoms with E-state index in [0.717, 1.165) is 103 Å². The quantitative estimate of drug-likeness (QED) is 0.0195. The molecule has 1 aliphatic rings. The van der Waals surface area contributed by atoms with Gasteiger partial charge in [-0.15, -0.1) is 0 Å². The van der Waals surface area contributed by atoms with E-state index in [1.54, 1.807) is 6.08 Å². The summed E-state index contributed by atoms with van der Waals surface area (Å²) < 4.78 is 16.6. The van der Waals surface area contributed by atoms with E-state index in [4.69, 9.17) is 14.2 Å². The molecule has 0 aromatic carbocycles. The molecule has 7 atom stereocenters. The van der Waals surface area contributed by atoms with Crippen molar-refractivity contribution < 1.29 is 49.3 Å². The zero-order valence-corrected chi connectivity index (χ0v) is 45.9. The Kier molecular flexibility index (Phi) is 47.3. The molecule has 1 heterocycles. The van der Waals surface area contributed by atoms with Crippen molar-refractivity contribution in [1.29, 1.82) is 0 Å². The second kappa shape index (κ2) is 50.5. The predicted molar refractivity (Wildman–Crippen MR) is 296 cm³/mol. The van der Waals surface area contributed by atoms with Crippen LogP contribution in [0.25, 0.3) is 0 Å². The highest BCUT2D eigenvalue weighted by molar-refractivity contribution is 5.76. The van der Waals surface area contributed by atoms with E-state index in [-0.39, 0.29) is 18.5 Å². The van der Waals surface area contributed by atoms with Crippen LogP contribution in [0.5, 0.6) is 0 Å². The molecule has 1 saturated heterocycles. The summed E-state index contributed by atoms with van der Waals surface area (Å²) in [6.45, 7) is 4.23. The van der Waals surface area contributed by atoms with Crippen molar-refractivity contribution in [2.45, 2.75) is 294 Å². The summed E-state index contributed by atoms with van der Waals surface area (Å²) in [6.07, 6.45) is 54.6. The number of carbonyl (C=O) groups is 2. The second-order valence-corrected chi connectivity index (χ2v) is 20.3. The molecular formula is C61H109NO10. The van der Waals surface area contributed by atoms with Crippen molar-refractivity contribution in [3.8, 4) is 0 Å². The Balaban J connectivity index is 2.06. The lowest BCUT2D eigenvalue weighted by molar-refractivity contribution is -0.302. The third kappa shape index (κ3) is 39.8. The fraction of sp³-hybridized carbons (Fsp3) is 0.803. The molecule has 0 aromatic rings. The summed E-state index contributed by atoms with van der Waals surface area (Å²) in [5, 5.41) is 54.2. The number of unbranched alkanes of at least 4 members (excludes halogenated alkanes) is 28. The van der Waals surface area contributed by atoms with Crippen molar-refractivity contribution in [1.82, 2.24) is 5.32 Å². The van der Waals surface area contributed by atoms with Crippen LogP contribution in [0.4, 0.5) is 0 Å². The van der Waals surface area contributed by atoms with E-state index < -0.39 is 49.5 Å². The van der Waals surface area contributed by atoms with Crippen LogP contribution in [-0.2, 0) is 23.8 Å². The van der Waals surface area contributed by atoms with E-state index in [1.165, 1.54) is 122 Å². The second-order valence-electron chi connectivity index (χ2n) is 20.3. The largest absolute Gasteiger partial charge is 0.466 e. The monoisotopic (exact) mass is 1020 g/mol. The highest BCUT2D eigenvalue weighted by Crippen LogP contribution is 2.23. The minimum atomic E-state index is -1.58. The van der Waals surface area contributed by atoms with Crippen molar-refractivity contribution >= 4 is 11.9 Å². The summed E-state index contributed by atoms with van der Waals surface area (Å²) in [4.78, 5) is 25.1. The van der Waals surface area contributed by atoms with Gasteiger partial charge in [-0.2, -0.15) is 0 Å². The Morgan fingerprint density at radius 1 is 0.514 bits per heavy atom. The Hall–Kier alpha value is -2.64. The minimum Gasteiger partial charge on any atom is -0.466 e. The Morgan fingerprint density at radius 3 is 1.42 bits per heavy atom. The third-order valence-electron chi connectivity index (χ3n) is 13.6. The summed E-state index contributed by atoms with van der Waals surface area (Å²) in [5.41, 5.74) is 0. The van der Waals surface area contributed by atoms with Gasteiger partial charge in [0, 0.05) is 12.8 Å².